The number of benzene rings is 1. The van der Waals surface area contributed by atoms with Crippen molar-refractivity contribution in [3.8, 4) is 5.75 Å². The molecule has 0 radical (unpaired) electrons. The molecule has 2 heterocycles. The number of hydrogen-bond acceptors (Lipinski definition) is 6. The van der Waals surface area contributed by atoms with Gasteiger partial charge in [0.05, 0.1) is 13.7 Å². The Morgan fingerprint density at radius 1 is 1.16 bits per heavy atom. The number of halogens is 1. The van der Waals surface area contributed by atoms with Crippen molar-refractivity contribution in [2.24, 2.45) is 4.99 Å². The minimum Gasteiger partial charge on any atom is -0.497 e. The molecule has 2 N–H and O–H groups in total. The Bertz CT molecular complexity index is 790. The fourth-order valence-corrected chi connectivity index (χ4v) is 4.31. The molecular weight excluding hydrogens is 523 g/mol. The van der Waals surface area contributed by atoms with Gasteiger partial charge in [0.2, 0.25) is 0 Å². The SMILES string of the molecule is CCc1cnc(CNC(=NC)NCCCN2CCN(c3ccc(OC)cc3)CC2)s1.I. The molecule has 0 atom stereocenters. The lowest BCUT2D eigenvalue weighted by molar-refractivity contribution is 0.255. The molecule has 7 nitrogen and oxygen atoms in total. The normalized spacial score (nSPS) is 14.8. The maximum absolute atomic E-state index is 5.25. The number of rotatable bonds is 9. The lowest BCUT2D eigenvalue weighted by Crippen LogP contribution is -2.47. The molecule has 1 aliphatic heterocycles. The molecule has 0 bridgehead atoms. The van der Waals surface area contributed by atoms with Crippen LogP contribution in [0.4, 0.5) is 5.69 Å². The summed E-state index contributed by atoms with van der Waals surface area (Å²) in [6.07, 6.45) is 4.10. The highest BCUT2D eigenvalue weighted by Crippen LogP contribution is 2.20. The Morgan fingerprint density at radius 3 is 2.52 bits per heavy atom. The number of aliphatic imine (C=N–C) groups is 1. The number of ether oxygens (including phenoxy) is 1. The number of aryl methyl sites for hydroxylation is 1. The zero-order valence-corrected chi connectivity index (χ0v) is 21.9. The van der Waals surface area contributed by atoms with E-state index in [1.807, 2.05) is 25.4 Å². The molecule has 1 aromatic carbocycles. The average Bonchev–Trinajstić information content (AvgIpc) is 3.27. The van der Waals surface area contributed by atoms with E-state index in [4.69, 9.17) is 4.74 Å². The van der Waals surface area contributed by atoms with Gasteiger partial charge in [-0.3, -0.25) is 9.89 Å². The third-order valence-corrected chi connectivity index (χ3v) is 6.48. The number of methoxy groups -OCH3 is 1. The first-order valence-electron chi connectivity index (χ1n) is 10.7. The van der Waals surface area contributed by atoms with E-state index in [0.29, 0.717) is 0 Å². The van der Waals surface area contributed by atoms with Crippen molar-refractivity contribution in [2.75, 3.05) is 58.3 Å². The van der Waals surface area contributed by atoms with Gasteiger partial charge in [0, 0.05) is 56.5 Å². The van der Waals surface area contributed by atoms with Gasteiger partial charge in [0.15, 0.2) is 5.96 Å². The van der Waals surface area contributed by atoms with Crippen LogP contribution in [0.5, 0.6) is 5.75 Å². The summed E-state index contributed by atoms with van der Waals surface area (Å²) in [5.41, 5.74) is 1.28. The summed E-state index contributed by atoms with van der Waals surface area (Å²) < 4.78 is 5.25. The summed E-state index contributed by atoms with van der Waals surface area (Å²) in [4.78, 5) is 15.1. The highest BCUT2D eigenvalue weighted by atomic mass is 127. The second-order valence-electron chi connectivity index (χ2n) is 7.31. The van der Waals surface area contributed by atoms with E-state index in [-0.39, 0.29) is 24.0 Å². The summed E-state index contributed by atoms with van der Waals surface area (Å²) in [7, 11) is 3.52. The molecule has 1 fully saturated rings. The van der Waals surface area contributed by atoms with Gasteiger partial charge in [-0.05, 0) is 43.7 Å². The van der Waals surface area contributed by atoms with Crippen LogP contribution >= 0.6 is 35.3 Å². The molecule has 0 spiro atoms. The van der Waals surface area contributed by atoms with Gasteiger partial charge in [-0.2, -0.15) is 0 Å². The molecule has 0 saturated carbocycles. The number of piperazine rings is 1. The minimum atomic E-state index is 0. The molecule has 1 saturated heterocycles. The quantitative estimate of drug-likeness (QED) is 0.213. The van der Waals surface area contributed by atoms with Crippen molar-refractivity contribution in [2.45, 2.75) is 26.3 Å². The number of guanidine groups is 1. The van der Waals surface area contributed by atoms with Crippen molar-refractivity contribution in [1.29, 1.82) is 0 Å². The number of nitrogens with one attached hydrogen (secondary N) is 2. The summed E-state index contributed by atoms with van der Waals surface area (Å²) in [6, 6.07) is 8.36. The van der Waals surface area contributed by atoms with Crippen LogP contribution in [0.25, 0.3) is 0 Å². The van der Waals surface area contributed by atoms with Crippen LogP contribution in [0.2, 0.25) is 0 Å². The van der Waals surface area contributed by atoms with E-state index in [1.165, 1.54) is 10.6 Å². The molecule has 0 amide bonds. The summed E-state index contributed by atoms with van der Waals surface area (Å²) in [6.45, 7) is 9.23. The van der Waals surface area contributed by atoms with Crippen LogP contribution in [0.1, 0.15) is 23.2 Å². The Morgan fingerprint density at radius 2 is 1.90 bits per heavy atom. The molecule has 2 aromatic rings. The largest absolute Gasteiger partial charge is 0.497 e. The number of anilines is 1. The fraction of sp³-hybridized carbons (Fsp3) is 0.545. The van der Waals surface area contributed by atoms with E-state index in [0.717, 1.165) is 75.4 Å². The van der Waals surface area contributed by atoms with Crippen LogP contribution in [-0.2, 0) is 13.0 Å². The van der Waals surface area contributed by atoms with Crippen molar-refractivity contribution in [1.82, 2.24) is 20.5 Å². The zero-order chi connectivity index (χ0) is 21.2. The molecule has 0 unspecified atom stereocenters. The Balaban J connectivity index is 0.00000341. The third-order valence-electron chi connectivity index (χ3n) is 5.33. The topological polar surface area (TPSA) is 65.0 Å². The van der Waals surface area contributed by atoms with E-state index in [9.17, 15) is 0 Å². The lowest BCUT2D eigenvalue weighted by atomic mass is 10.2. The molecule has 31 heavy (non-hydrogen) atoms. The molecule has 9 heteroatoms. The second kappa shape index (κ2) is 13.7. The van der Waals surface area contributed by atoms with E-state index in [2.05, 4.69) is 49.5 Å². The zero-order valence-electron chi connectivity index (χ0n) is 18.8. The van der Waals surface area contributed by atoms with Gasteiger partial charge in [-0.15, -0.1) is 35.3 Å². The molecule has 0 aliphatic carbocycles. The van der Waals surface area contributed by atoms with Crippen LogP contribution in [0, 0.1) is 0 Å². The maximum atomic E-state index is 5.25. The third kappa shape index (κ3) is 8.12. The number of nitrogens with zero attached hydrogens (tertiary/aromatic N) is 4. The predicted octanol–water partition coefficient (Wildman–Crippen LogP) is 3.21. The first-order valence-corrected chi connectivity index (χ1v) is 11.5. The van der Waals surface area contributed by atoms with E-state index >= 15 is 0 Å². The molecular formula is C22H35IN6OS. The van der Waals surface area contributed by atoms with Crippen LogP contribution in [0.3, 0.4) is 0 Å². The van der Waals surface area contributed by atoms with Crippen molar-refractivity contribution in [3.63, 3.8) is 0 Å². The van der Waals surface area contributed by atoms with Gasteiger partial charge in [0.25, 0.3) is 0 Å². The van der Waals surface area contributed by atoms with Gasteiger partial charge < -0.3 is 20.3 Å². The molecule has 3 rings (SSSR count). The fourth-order valence-electron chi connectivity index (χ4n) is 3.51. The standard InChI is InChI=1S/C22H34N6OS.HI/c1-4-20-16-25-21(30-20)17-26-22(23-2)24-10-5-11-27-12-14-28(15-13-27)18-6-8-19(29-3)9-7-18;/h6-9,16H,4-5,10-15,17H2,1-3H3,(H2,23,24,26);1H. The van der Waals surface area contributed by atoms with Gasteiger partial charge in [0.1, 0.15) is 10.8 Å². The molecule has 1 aliphatic rings. The second-order valence-corrected chi connectivity index (χ2v) is 8.51. The minimum absolute atomic E-state index is 0. The monoisotopic (exact) mass is 558 g/mol. The first kappa shape index (κ1) is 25.7. The van der Waals surface area contributed by atoms with Crippen molar-refractivity contribution in [3.05, 3.63) is 40.3 Å². The van der Waals surface area contributed by atoms with Crippen molar-refractivity contribution < 1.29 is 4.74 Å². The summed E-state index contributed by atoms with van der Waals surface area (Å²) >= 11 is 1.76. The predicted molar refractivity (Wildman–Crippen MR) is 141 cm³/mol. The number of hydrogen-bond donors (Lipinski definition) is 2. The highest BCUT2D eigenvalue weighted by molar-refractivity contribution is 14.0. The molecule has 1 aromatic heterocycles. The van der Waals surface area contributed by atoms with Crippen LogP contribution in [-0.4, -0.2) is 69.3 Å². The van der Waals surface area contributed by atoms with Crippen molar-refractivity contribution >= 4 is 47.0 Å². The summed E-state index contributed by atoms with van der Waals surface area (Å²) in [5.74, 6) is 1.75. The van der Waals surface area contributed by atoms with Crippen LogP contribution in [0.15, 0.2) is 35.5 Å². The average molecular weight is 559 g/mol. The maximum Gasteiger partial charge on any atom is 0.191 e. The lowest BCUT2D eigenvalue weighted by Gasteiger charge is -2.36. The number of thiazole rings is 1. The first-order chi connectivity index (χ1) is 14.7. The Hall–Kier alpha value is -1.59. The van der Waals surface area contributed by atoms with Gasteiger partial charge in [-0.1, -0.05) is 6.92 Å². The van der Waals surface area contributed by atoms with E-state index < -0.39 is 0 Å². The van der Waals surface area contributed by atoms with Gasteiger partial charge >= 0.3 is 0 Å². The smallest absolute Gasteiger partial charge is 0.191 e. The molecule has 172 valence electrons. The number of aromatic nitrogens is 1. The highest BCUT2D eigenvalue weighted by Gasteiger charge is 2.16. The summed E-state index contributed by atoms with van der Waals surface area (Å²) in [5, 5.41) is 7.86. The van der Waals surface area contributed by atoms with E-state index in [1.54, 1.807) is 18.4 Å². The Labute approximate surface area is 207 Å². The Kier molecular flexibility index (Phi) is 11.4. The van der Waals surface area contributed by atoms with Crippen LogP contribution < -0.4 is 20.3 Å². The van der Waals surface area contributed by atoms with Gasteiger partial charge in [-0.25, -0.2) is 4.98 Å².